The number of benzene rings is 1. The molecule has 0 fully saturated rings. The normalized spacial score (nSPS) is 10.1. The second-order valence-electron chi connectivity index (χ2n) is 5.47. The Morgan fingerprint density at radius 2 is 1.71 bits per heavy atom. The third kappa shape index (κ3) is 4.70. The molecular weight excluding hydrogens is 310 g/mol. The lowest BCUT2D eigenvalue weighted by Crippen LogP contribution is -2.43. The fourth-order valence-corrected chi connectivity index (χ4v) is 2.12. The van der Waals surface area contributed by atoms with Gasteiger partial charge in [-0.3, -0.25) is 25.2 Å². The molecule has 2 rings (SSSR count). The van der Waals surface area contributed by atoms with E-state index in [0.717, 1.165) is 11.1 Å². The van der Waals surface area contributed by atoms with Gasteiger partial charge in [-0.05, 0) is 50.1 Å². The fraction of sp³-hybridized carbons (Fsp3) is 0.235. The molecule has 0 unspecified atom stereocenters. The number of carbonyl (C=O) groups excluding carboxylic acids is 3. The molecule has 0 saturated carbocycles. The molecule has 7 nitrogen and oxygen atoms in total. The smallest absolute Gasteiger partial charge is 0.286 e. The van der Waals surface area contributed by atoms with Crippen LogP contribution in [0.4, 0.5) is 0 Å². The van der Waals surface area contributed by atoms with E-state index >= 15 is 0 Å². The van der Waals surface area contributed by atoms with Gasteiger partial charge in [0.15, 0.2) is 12.4 Å². The number of aromatic amines is 1. The van der Waals surface area contributed by atoms with Gasteiger partial charge in [-0.1, -0.05) is 6.07 Å². The summed E-state index contributed by atoms with van der Waals surface area (Å²) in [7, 11) is 0. The minimum atomic E-state index is -0.553. The first kappa shape index (κ1) is 17.3. The number of ether oxygens (including phenoxy) is 1. The van der Waals surface area contributed by atoms with Crippen LogP contribution in [-0.2, 0) is 4.79 Å². The Morgan fingerprint density at radius 3 is 2.29 bits per heavy atom. The van der Waals surface area contributed by atoms with Gasteiger partial charge < -0.3 is 9.72 Å². The number of amides is 2. The molecule has 0 aliphatic heterocycles. The highest BCUT2D eigenvalue weighted by atomic mass is 16.5. The van der Waals surface area contributed by atoms with Gasteiger partial charge in [0.1, 0.15) is 11.4 Å². The zero-order valence-corrected chi connectivity index (χ0v) is 13.7. The number of aromatic nitrogens is 1. The quantitative estimate of drug-likeness (QED) is 0.574. The lowest BCUT2D eigenvalue weighted by Gasteiger charge is -2.09. The monoisotopic (exact) mass is 329 g/mol. The molecular formula is C17H19N3O4. The van der Waals surface area contributed by atoms with E-state index in [0.29, 0.717) is 11.3 Å². The summed E-state index contributed by atoms with van der Waals surface area (Å²) in [6, 6.07) is 7.05. The molecule has 1 heterocycles. The molecule has 7 heteroatoms. The summed E-state index contributed by atoms with van der Waals surface area (Å²) in [6.45, 7) is 5.04. The largest absolute Gasteiger partial charge is 0.484 e. The number of hydrazine groups is 1. The van der Waals surface area contributed by atoms with E-state index in [1.807, 2.05) is 32.0 Å². The van der Waals surface area contributed by atoms with E-state index in [9.17, 15) is 14.4 Å². The second-order valence-corrected chi connectivity index (χ2v) is 5.47. The number of ketones is 1. The van der Waals surface area contributed by atoms with E-state index in [1.54, 1.807) is 0 Å². The topological polar surface area (TPSA) is 100 Å². The maximum atomic E-state index is 11.8. The van der Waals surface area contributed by atoms with Gasteiger partial charge in [-0.15, -0.1) is 0 Å². The molecule has 0 radical (unpaired) electrons. The first-order chi connectivity index (χ1) is 11.3. The molecule has 1 aromatic carbocycles. The lowest BCUT2D eigenvalue weighted by atomic mass is 10.1. The summed E-state index contributed by atoms with van der Waals surface area (Å²) >= 11 is 0. The Kier molecular flexibility index (Phi) is 5.36. The van der Waals surface area contributed by atoms with Crippen molar-refractivity contribution in [2.75, 3.05) is 6.61 Å². The van der Waals surface area contributed by atoms with Crippen molar-refractivity contribution in [3.63, 3.8) is 0 Å². The molecule has 0 saturated heterocycles. The average molecular weight is 329 g/mol. The molecule has 2 aromatic rings. The van der Waals surface area contributed by atoms with Crippen molar-refractivity contribution in [3.05, 3.63) is 52.8 Å². The minimum Gasteiger partial charge on any atom is -0.484 e. The zero-order valence-electron chi connectivity index (χ0n) is 13.7. The van der Waals surface area contributed by atoms with Crippen LogP contribution in [0.5, 0.6) is 5.75 Å². The molecule has 2 amide bonds. The van der Waals surface area contributed by atoms with Gasteiger partial charge in [0.2, 0.25) is 0 Å². The predicted molar refractivity (Wildman–Crippen MR) is 87.8 cm³/mol. The molecule has 0 spiro atoms. The minimum absolute atomic E-state index is 0.156. The fourth-order valence-electron chi connectivity index (χ4n) is 2.12. The average Bonchev–Trinajstić information content (AvgIpc) is 3.00. The first-order valence-corrected chi connectivity index (χ1v) is 7.35. The van der Waals surface area contributed by atoms with Crippen LogP contribution in [0.25, 0.3) is 0 Å². The lowest BCUT2D eigenvalue weighted by molar-refractivity contribution is -0.123. The van der Waals surface area contributed by atoms with Crippen LogP contribution in [0.1, 0.15) is 38.9 Å². The maximum absolute atomic E-state index is 11.8. The highest BCUT2D eigenvalue weighted by Gasteiger charge is 2.11. The van der Waals surface area contributed by atoms with Crippen molar-refractivity contribution < 1.29 is 19.1 Å². The van der Waals surface area contributed by atoms with Crippen molar-refractivity contribution >= 4 is 17.6 Å². The maximum Gasteiger partial charge on any atom is 0.286 e. The second kappa shape index (κ2) is 7.45. The van der Waals surface area contributed by atoms with Gasteiger partial charge in [-0.25, -0.2) is 0 Å². The standard InChI is InChI=1S/C17H19N3O4/c1-10-4-11(2)6-14(5-10)24-9-16(22)19-20-17(23)15-7-13(8-18-15)12(3)21/h4-8,18H,9H2,1-3H3,(H,19,22)(H,20,23). The number of Topliss-reactive ketones (excluding diaryl/α,β-unsaturated/α-hetero) is 1. The Labute approximate surface area is 139 Å². The van der Waals surface area contributed by atoms with Crippen LogP contribution in [0.2, 0.25) is 0 Å². The van der Waals surface area contributed by atoms with Gasteiger partial charge in [0.05, 0.1) is 0 Å². The number of nitrogens with one attached hydrogen (secondary N) is 3. The van der Waals surface area contributed by atoms with Crippen LogP contribution >= 0.6 is 0 Å². The third-order valence-electron chi connectivity index (χ3n) is 3.21. The van der Waals surface area contributed by atoms with Crippen molar-refractivity contribution in [3.8, 4) is 5.75 Å². The molecule has 0 bridgehead atoms. The summed E-state index contributed by atoms with van der Waals surface area (Å²) in [6.07, 6.45) is 1.43. The summed E-state index contributed by atoms with van der Waals surface area (Å²) in [5, 5.41) is 0. The molecule has 24 heavy (non-hydrogen) atoms. The summed E-state index contributed by atoms with van der Waals surface area (Å²) in [5.74, 6) is -0.622. The number of aryl methyl sites for hydroxylation is 2. The summed E-state index contributed by atoms with van der Waals surface area (Å²) in [4.78, 5) is 37.4. The summed E-state index contributed by atoms with van der Waals surface area (Å²) in [5.41, 5.74) is 7.14. The molecule has 1 aromatic heterocycles. The molecule has 0 aliphatic rings. The zero-order chi connectivity index (χ0) is 17.7. The van der Waals surface area contributed by atoms with Crippen molar-refractivity contribution in [2.45, 2.75) is 20.8 Å². The van der Waals surface area contributed by atoms with Gasteiger partial charge >= 0.3 is 0 Å². The van der Waals surface area contributed by atoms with E-state index in [4.69, 9.17) is 4.74 Å². The van der Waals surface area contributed by atoms with Crippen molar-refractivity contribution in [2.24, 2.45) is 0 Å². The van der Waals surface area contributed by atoms with Crippen LogP contribution in [-0.4, -0.2) is 29.2 Å². The van der Waals surface area contributed by atoms with Gasteiger partial charge in [0, 0.05) is 11.8 Å². The number of H-pyrrole nitrogens is 1. The van der Waals surface area contributed by atoms with E-state index in [1.165, 1.54) is 19.2 Å². The Morgan fingerprint density at radius 1 is 1.04 bits per heavy atom. The Hall–Kier alpha value is -3.09. The predicted octanol–water partition coefficient (Wildman–Crippen LogP) is 1.67. The molecule has 3 N–H and O–H groups in total. The third-order valence-corrected chi connectivity index (χ3v) is 3.21. The van der Waals surface area contributed by atoms with E-state index < -0.39 is 11.8 Å². The van der Waals surface area contributed by atoms with Gasteiger partial charge in [0.25, 0.3) is 11.8 Å². The van der Waals surface area contributed by atoms with E-state index in [-0.39, 0.29) is 18.1 Å². The van der Waals surface area contributed by atoms with Crippen LogP contribution in [0.15, 0.2) is 30.5 Å². The van der Waals surface area contributed by atoms with Crippen molar-refractivity contribution in [1.29, 1.82) is 0 Å². The van der Waals surface area contributed by atoms with Crippen molar-refractivity contribution in [1.82, 2.24) is 15.8 Å². The van der Waals surface area contributed by atoms with Crippen LogP contribution in [0, 0.1) is 13.8 Å². The number of hydrogen-bond acceptors (Lipinski definition) is 4. The Balaban J connectivity index is 1.81. The SMILES string of the molecule is CC(=O)c1c[nH]c(C(=O)NNC(=O)COc2cc(C)cc(C)c2)c1. The first-order valence-electron chi connectivity index (χ1n) is 7.35. The number of rotatable bonds is 5. The van der Waals surface area contributed by atoms with Gasteiger partial charge in [-0.2, -0.15) is 0 Å². The Bertz CT molecular complexity index is 760. The van der Waals surface area contributed by atoms with E-state index in [2.05, 4.69) is 15.8 Å². The number of carbonyl (C=O) groups is 3. The highest BCUT2D eigenvalue weighted by Crippen LogP contribution is 2.15. The van der Waals surface area contributed by atoms with Crippen LogP contribution < -0.4 is 15.6 Å². The number of hydrogen-bond donors (Lipinski definition) is 3. The molecule has 0 aliphatic carbocycles. The molecule has 0 atom stereocenters. The molecule has 126 valence electrons. The highest BCUT2D eigenvalue weighted by molar-refractivity contribution is 5.99. The van der Waals surface area contributed by atoms with Crippen LogP contribution in [0.3, 0.4) is 0 Å². The summed E-state index contributed by atoms with van der Waals surface area (Å²) < 4.78 is 5.39.